The second-order valence-electron chi connectivity index (χ2n) is 4.63. The quantitative estimate of drug-likeness (QED) is 0.738. The van der Waals surface area contributed by atoms with Crippen LogP contribution >= 0.6 is 0 Å². The first-order chi connectivity index (χ1) is 8.83. The zero-order valence-electron chi connectivity index (χ0n) is 10.2. The number of aliphatic imine (C=N–C) groups is 2. The molecule has 0 aromatic heterocycles. The predicted octanol–water partition coefficient (Wildman–Crippen LogP) is 3.96. The monoisotopic (exact) mass is 246 g/mol. The van der Waals surface area contributed by atoms with E-state index in [0.29, 0.717) is 23.7 Å². The fourth-order valence-electron chi connectivity index (χ4n) is 2.34. The topological polar surface area (TPSA) is 34.0 Å². The summed E-state index contributed by atoms with van der Waals surface area (Å²) in [6.07, 6.45) is 7.22. The van der Waals surface area contributed by atoms with Crippen LogP contribution in [-0.4, -0.2) is 18.5 Å². The van der Waals surface area contributed by atoms with Crippen molar-refractivity contribution in [2.75, 3.05) is 6.61 Å². The van der Waals surface area contributed by atoms with Gasteiger partial charge in [-0.1, -0.05) is 6.42 Å². The molecule has 1 fully saturated rings. The van der Waals surface area contributed by atoms with Crippen LogP contribution in [0, 0.1) is 5.82 Å². The van der Waals surface area contributed by atoms with Gasteiger partial charge in [-0.05, 0) is 31.7 Å². The Bertz CT molecular complexity index is 515. The van der Waals surface area contributed by atoms with Crippen LogP contribution < -0.4 is 4.74 Å². The van der Waals surface area contributed by atoms with E-state index in [1.165, 1.54) is 12.5 Å². The van der Waals surface area contributed by atoms with Crippen LogP contribution in [-0.2, 0) is 0 Å². The SMILES string of the molecule is Fc1cc2c(cc1N=C1CCCCC1)N=CCO2. The van der Waals surface area contributed by atoms with E-state index in [1.54, 1.807) is 12.3 Å². The standard InChI is InChI=1S/C14H15FN2O/c15-11-8-14-13(16-6-7-18-14)9-12(11)17-10-4-2-1-3-5-10/h6,8-9H,1-5,7H2. The normalized spacial score (nSPS) is 18.2. The van der Waals surface area contributed by atoms with Crippen LogP contribution in [0.25, 0.3) is 0 Å². The molecule has 1 aromatic rings. The minimum Gasteiger partial charge on any atom is -0.486 e. The first-order valence-electron chi connectivity index (χ1n) is 6.38. The van der Waals surface area contributed by atoms with E-state index in [-0.39, 0.29) is 5.82 Å². The van der Waals surface area contributed by atoms with Gasteiger partial charge in [-0.15, -0.1) is 0 Å². The molecule has 18 heavy (non-hydrogen) atoms. The van der Waals surface area contributed by atoms with E-state index in [4.69, 9.17) is 4.74 Å². The van der Waals surface area contributed by atoms with Gasteiger partial charge in [0.2, 0.25) is 0 Å². The lowest BCUT2D eigenvalue weighted by molar-refractivity contribution is 0.374. The molecular weight excluding hydrogens is 231 g/mol. The summed E-state index contributed by atoms with van der Waals surface area (Å²) in [6.45, 7) is 0.403. The molecule has 0 radical (unpaired) electrons. The number of halogens is 1. The molecule has 1 aliphatic carbocycles. The van der Waals surface area contributed by atoms with E-state index in [1.807, 2.05) is 0 Å². The van der Waals surface area contributed by atoms with Gasteiger partial charge in [-0.3, -0.25) is 9.98 Å². The maximum absolute atomic E-state index is 13.9. The first kappa shape index (κ1) is 11.4. The molecule has 1 aromatic carbocycles. The predicted molar refractivity (Wildman–Crippen MR) is 70.2 cm³/mol. The van der Waals surface area contributed by atoms with Crippen molar-refractivity contribution in [3.8, 4) is 5.75 Å². The van der Waals surface area contributed by atoms with Gasteiger partial charge < -0.3 is 4.74 Å². The number of hydrogen-bond acceptors (Lipinski definition) is 3. The van der Waals surface area contributed by atoms with Gasteiger partial charge in [-0.2, -0.15) is 0 Å². The molecule has 94 valence electrons. The molecule has 0 N–H and O–H groups in total. The van der Waals surface area contributed by atoms with Gasteiger partial charge in [0, 0.05) is 18.0 Å². The summed E-state index contributed by atoms with van der Waals surface area (Å²) in [6, 6.07) is 3.05. The average Bonchev–Trinajstić information content (AvgIpc) is 2.41. The summed E-state index contributed by atoms with van der Waals surface area (Å²) in [5.41, 5.74) is 2.15. The van der Waals surface area contributed by atoms with E-state index >= 15 is 0 Å². The molecule has 1 heterocycles. The van der Waals surface area contributed by atoms with Gasteiger partial charge >= 0.3 is 0 Å². The smallest absolute Gasteiger partial charge is 0.152 e. The van der Waals surface area contributed by atoms with Gasteiger partial charge in [0.05, 0.1) is 0 Å². The van der Waals surface area contributed by atoms with Crippen molar-refractivity contribution in [2.45, 2.75) is 32.1 Å². The highest BCUT2D eigenvalue weighted by Crippen LogP contribution is 2.36. The summed E-state index contributed by atoms with van der Waals surface area (Å²) in [7, 11) is 0. The molecule has 0 bridgehead atoms. The van der Waals surface area contributed by atoms with E-state index in [9.17, 15) is 4.39 Å². The summed E-state index contributed by atoms with van der Waals surface area (Å²) in [5, 5.41) is 0. The van der Waals surface area contributed by atoms with E-state index < -0.39 is 0 Å². The summed E-state index contributed by atoms with van der Waals surface area (Å²) in [4.78, 5) is 8.64. The number of ether oxygens (including phenoxy) is 1. The van der Waals surface area contributed by atoms with Crippen molar-refractivity contribution in [3.05, 3.63) is 17.9 Å². The van der Waals surface area contributed by atoms with Crippen molar-refractivity contribution in [3.63, 3.8) is 0 Å². The third-order valence-electron chi connectivity index (χ3n) is 3.28. The van der Waals surface area contributed by atoms with E-state index in [0.717, 1.165) is 31.4 Å². The number of fused-ring (bicyclic) bond motifs is 1. The largest absolute Gasteiger partial charge is 0.486 e. The molecule has 3 nitrogen and oxygen atoms in total. The molecule has 1 aliphatic heterocycles. The first-order valence-corrected chi connectivity index (χ1v) is 6.38. The summed E-state index contributed by atoms with van der Waals surface area (Å²) in [5.74, 6) is 0.173. The fraction of sp³-hybridized carbons (Fsp3) is 0.429. The maximum atomic E-state index is 13.9. The lowest BCUT2D eigenvalue weighted by Crippen LogP contribution is -2.05. The van der Waals surface area contributed by atoms with E-state index in [2.05, 4.69) is 9.98 Å². The number of hydrogen-bond donors (Lipinski definition) is 0. The third-order valence-corrected chi connectivity index (χ3v) is 3.28. The number of benzene rings is 1. The Morgan fingerprint density at radius 3 is 2.83 bits per heavy atom. The minimum atomic E-state index is -0.330. The Morgan fingerprint density at radius 2 is 2.00 bits per heavy atom. The van der Waals surface area contributed by atoms with Crippen LogP contribution in [0.4, 0.5) is 15.8 Å². The minimum absolute atomic E-state index is 0.330. The van der Waals surface area contributed by atoms with Crippen molar-refractivity contribution in [1.29, 1.82) is 0 Å². The molecule has 4 heteroatoms. The molecule has 0 saturated heterocycles. The number of nitrogens with zero attached hydrogens (tertiary/aromatic N) is 2. The van der Waals surface area contributed by atoms with Gasteiger partial charge in [-0.25, -0.2) is 4.39 Å². The highest BCUT2D eigenvalue weighted by atomic mass is 19.1. The Kier molecular flexibility index (Phi) is 3.09. The van der Waals surface area contributed by atoms with Crippen molar-refractivity contribution >= 4 is 23.3 Å². The molecule has 0 atom stereocenters. The van der Waals surface area contributed by atoms with Crippen LogP contribution in [0.5, 0.6) is 5.75 Å². The molecule has 1 saturated carbocycles. The molecule has 0 amide bonds. The van der Waals surface area contributed by atoms with Crippen molar-refractivity contribution in [1.82, 2.24) is 0 Å². The lowest BCUT2D eigenvalue weighted by Gasteiger charge is -2.14. The Labute approximate surface area is 105 Å². The highest BCUT2D eigenvalue weighted by Gasteiger charge is 2.14. The molecule has 0 spiro atoms. The molecule has 3 rings (SSSR count). The van der Waals surface area contributed by atoms with Gasteiger partial charge in [0.25, 0.3) is 0 Å². The molecule has 2 aliphatic rings. The second-order valence-corrected chi connectivity index (χ2v) is 4.63. The Hall–Kier alpha value is -1.71. The van der Waals surface area contributed by atoms with Crippen LogP contribution in [0.3, 0.4) is 0 Å². The maximum Gasteiger partial charge on any atom is 0.152 e. The number of rotatable bonds is 1. The van der Waals surface area contributed by atoms with Crippen LogP contribution in [0.2, 0.25) is 0 Å². The molecular formula is C14H15FN2O. The van der Waals surface area contributed by atoms with Crippen LogP contribution in [0.15, 0.2) is 22.1 Å². The average molecular weight is 246 g/mol. The highest BCUT2D eigenvalue weighted by molar-refractivity contribution is 5.88. The zero-order chi connectivity index (χ0) is 12.4. The van der Waals surface area contributed by atoms with Crippen molar-refractivity contribution < 1.29 is 9.13 Å². The third kappa shape index (κ3) is 2.28. The Morgan fingerprint density at radius 1 is 1.17 bits per heavy atom. The summed E-state index contributed by atoms with van der Waals surface area (Å²) < 4.78 is 19.2. The molecule has 0 unspecified atom stereocenters. The zero-order valence-corrected chi connectivity index (χ0v) is 10.2. The van der Waals surface area contributed by atoms with Crippen LogP contribution in [0.1, 0.15) is 32.1 Å². The Balaban J connectivity index is 1.94. The van der Waals surface area contributed by atoms with Crippen molar-refractivity contribution in [2.24, 2.45) is 9.98 Å². The second kappa shape index (κ2) is 4.88. The summed E-state index contributed by atoms with van der Waals surface area (Å²) >= 11 is 0. The van der Waals surface area contributed by atoms with Gasteiger partial charge in [0.15, 0.2) is 5.82 Å². The lowest BCUT2D eigenvalue weighted by atomic mass is 9.98. The van der Waals surface area contributed by atoms with Gasteiger partial charge in [0.1, 0.15) is 23.7 Å². The fourth-order valence-corrected chi connectivity index (χ4v) is 2.34.